The second kappa shape index (κ2) is 11.0. The fourth-order valence-corrected chi connectivity index (χ4v) is 12.0. The van der Waals surface area contributed by atoms with Crippen molar-refractivity contribution in [1.82, 2.24) is 0 Å². The van der Waals surface area contributed by atoms with Gasteiger partial charge in [-0.25, -0.2) is 0 Å². The first-order valence-corrected chi connectivity index (χ1v) is 21.5. The van der Waals surface area contributed by atoms with Crippen molar-refractivity contribution >= 4 is 75.4 Å². The SMILES string of the molecule is CC1(C)c2cc(-c3ccc4cc(-c5ccc6c(c5)C(C)(C)c5cc7ccc8cccc9ccc(c5-6)c7c89)ccc4c3)ccc2-c2c1cc1ccc3cccc4ccc2c1c34. The molecule has 60 heavy (non-hydrogen) atoms. The molecule has 12 aromatic carbocycles. The summed E-state index contributed by atoms with van der Waals surface area (Å²) in [7, 11) is 0. The van der Waals surface area contributed by atoms with E-state index < -0.39 is 0 Å². The highest BCUT2D eigenvalue weighted by Gasteiger charge is 2.39. The van der Waals surface area contributed by atoms with Gasteiger partial charge in [-0.1, -0.05) is 161 Å². The van der Waals surface area contributed by atoms with Crippen molar-refractivity contribution in [3.8, 4) is 44.5 Å². The number of hydrogen-bond donors (Lipinski definition) is 0. The maximum absolute atomic E-state index is 2.48. The zero-order chi connectivity index (χ0) is 39.8. The molecule has 0 amide bonds. The van der Waals surface area contributed by atoms with Crippen molar-refractivity contribution < 1.29 is 0 Å². The molecule has 0 saturated carbocycles. The maximum atomic E-state index is 2.48. The van der Waals surface area contributed by atoms with E-state index in [1.807, 2.05) is 0 Å². The van der Waals surface area contributed by atoms with E-state index in [9.17, 15) is 0 Å². The molecule has 0 nitrogen and oxygen atoms in total. The first-order valence-electron chi connectivity index (χ1n) is 21.5. The molecule has 0 N–H and O–H groups in total. The largest absolute Gasteiger partial charge is 0.0610 e. The van der Waals surface area contributed by atoms with Crippen molar-refractivity contribution in [2.45, 2.75) is 38.5 Å². The lowest BCUT2D eigenvalue weighted by Gasteiger charge is -2.23. The van der Waals surface area contributed by atoms with Crippen LogP contribution in [-0.2, 0) is 10.8 Å². The fraction of sp³-hybridized carbons (Fsp3) is 0.100. The summed E-state index contributed by atoms with van der Waals surface area (Å²) in [6, 6.07) is 65.4. The number of fused-ring (bicyclic) bond motifs is 9. The predicted molar refractivity (Wildman–Crippen MR) is 257 cm³/mol. The highest BCUT2D eigenvalue weighted by Crippen LogP contribution is 2.56. The molecule has 0 saturated heterocycles. The molecule has 12 aromatic rings. The molecule has 280 valence electrons. The lowest BCUT2D eigenvalue weighted by Crippen LogP contribution is -2.15. The van der Waals surface area contributed by atoms with Gasteiger partial charge in [-0.05, 0) is 179 Å². The van der Waals surface area contributed by atoms with E-state index in [4.69, 9.17) is 0 Å². The highest BCUT2D eigenvalue weighted by atomic mass is 14.4. The van der Waals surface area contributed by atoms with Crippen molar-refractivity contribution in [1.29, 1.82) is 0 Å². The standard InChI is InChI=1S/C60H40/c1-59(2)49-29-41(21-23-45(49)57-47-25-19-35-9-5-7-33-11-17-43(31-51(57)59)55(47)53(33)35)39-15-13-38-28-40(16-14-37(38)27-39)42-22-24-46-50(30-42)60(3,4)52-32-44-18-12-34-8-6-10-36-20-26-48(58(46)52)56(44)54(34)36/h5-32H,1-4H3. The smallest absolute Gasteiger partial charge is 0.0159 e. The molecule has 0 atom stereocenters. The zero-order valence-electron chi connectivity index (χ0n) is 34.2. The minimum Gasteiger partial charge on any atom is -0.0610 e. The molecule has 2 aliphatic rings. The summed E-state index contributed by atoms with van der Waals surface area (Å²) in [5.41, 5.74) is 16.1. The average Bonchev–Trinajstić information content (AvgIpc) is 3.65. The van der Waals surface area contributed by atoms with Gasteiger partial charge in [0.1, 0.15) is 0 Å². The van der Waals surface area contributed by atoms with Crippen molar-refractivity contribution in [2.75, 3.05) is 0 Å². The molecule has 0 fully saturated rings. The zero-order valence-corrected chi connectivity index (χ0v) is 34.2. The Bertz CT molecular complexity index is 3590. The van der Waals surface area contributed by atoms with E-state index in [1.165, 1.54) is 142 Å². The van der Waals surface area contributed by atoms with Crippen LogP contribution in [0, 0.1) is 0 Å². The molecule has 2 aliphatic carbocycles. The summed E-state index contributed by atoms with van der Waals surface area (Å²) in [6.45, 7) is 9.63. The Balaban J connectivity index is 0.842. The third-order valence-electron chi connectivity index (χ3n) is 15.1. The average molecular weight is 761 g/mol. The summed E-state index contributed by atoms with van der Waals surface area (Å²) >= 11 is 0. The van der Waals surface area contributed by atoms with Crippen LogP contribution in [0.15, 0.2) is 170 Å². The second-order valence-electron chi connectivity index (χ2n) is 18.9. The van der Waals surface area contributed by atoms with E-state index in [0.717, 1.165) is 0 Å². The van der Waals surface area contributed by atoms with Gasteiger partial charge < -0.3 is 0 Å². The molecule has 0 radical (unpaired) electrons. The van der Waals surface area contributed by atoms with Gasteiger partial charge in [0.05, 0.1) is 0 Å². The Hall–Kier alpha value is -7.02. The second-order valence-corrected chi connectivity index (χ2v) is 18.9. The van der Waals surface area contributed by atoms with Gasteiger partial charge in [-0.2, -0.15) is 0 Å². The van der Waals surface area contributed by atoms with Crippen LogP contribution in [0.2, 0.25) is 0 Å². The number of benzene rings is 12. The summed E-state index contributed by atoms with van der Waals surface area (Å²) in [5.74, 6) is 0. The van der Waals surface area contributed by atoms with Crippen LogP contribution >= 0.6 is 0 Å². The van der Waals surface area contributed by atoms with Crippen LogP contribution in [0.1, 0.15) is 49.9 Å². The molecular weight excluding hydrogens is 721 g/mol. The molecular formula is C60H40. The van der Waals surface area contributed by atoms with Gasteiger partial charge in [-0.3, -0.25) is 0 Å². The summed E-state index contributed by atoms with van der Waals surface area (Å²) < 4.78 is 0. The highest BCUT2D eigenvalue weighted by molar-refractivity contribution is 6.28. The Kier molecular flexibility index (Phi) is 6.01. The summed E-state index contributed by atoms with van der Waals surface area (Å²) in [5, 5.41) is 18.8. The van der Waals surface area contributed by atoms with Crippen molar-refractivity contribution in [2.24, 2.45) is 0 Å². The lowest BCUT2D eigenvalue weighted by atomic mass is 9.80. The van der Waals surface area contributed by atoms with E-state index in [2.05, 4.69) is 198 Å². The van der Waals surface area contributed by atoms with Crippen LogP contribution < -0.4 is 0 Å². The topological polar surface area (TPSA) is 0 Å². The molecule has 0 aromatic heterocycles. The molecule has 14 rings (SSSR count). The van der Waals surface area contributed by atoms with Crippen molar-refractivity contribution in [3.05, 3.63) is 192 Å². The summed E-state index contributed by atoms with van der Waals surface area (Å²) in [6.07, 6.45) is 0. The number of rotatable bonds is 2. The van der Waals surface area contributed by atoms with Crippen LogP contribution in [0.5, 0.6) is 0 Å². The van der Waals surface area contributed by atoms with Crippen LogP contribution in [-0.4, -0.2) is 0 Å². The maximum Gasteiger partial charge on any atom is 0.0159 e. The van der Waals surface area contributed by atoms with Crippen LogP contribution in [0.25, 0.3) is 120 Å². The lowest BCUT2D eigenvalue weighted by molar-refractivity contribution is 0.661. The van der Waals surface area contributed by atoms with E-state index >= 15 is 0 Å². The van der Waals surface area contributed by atoms with Crippen molar-refractivity contribution in [3.63, 3.8) is 0 Å². The third kappa shape index (κ3) is 4.07. The Morgan fingerprint density at radius 1 is 0.267 bits per heavy atom. The Morgan fingerprint density at radius 2 is 0.617 bits per heavy atom. The van der Waals surface area contributed by atoms with E-state index in [-0.39, 0.29) is 10.8 Å². The predicted octanol–water partition coefficient (Wildman–Crippen LogP) is 16.6. The van der Waals surface area contributed by atoms with Gasteiger partial charge in [-0.15, -0.1) is 0 Å². The Morgan fingerprint density at radius 3 is 1.05 bits per heavy atom. The van der Waals surface area contributed by atoms with Gasteiger partial charge in [0.25, 0.3) is 0 Å². The molecule has 0 bridgehead atoms. The minimum atomic E-state index is -0.109. The number of hydrogen-bond acceptors (Lipinski definition) is 0. The molecule has 0 spiro atoms. The first-order chi connectivity index (χ1) is 29.2. The first kappa shape index (κ1) is 32.9. The molecule has 0 heteroatoms. The van der Waals surface area contributed by atoms with E-state index in [1.54, 1.807) is 0 Å². The molecule has 0 aliphatic heterocycles. The minimum absolute atomic E-state index is 0.109. The monoisotopic (exact) mass is 760 g/mol. The van der Waals surface area contributed by atoms with Gasteiger partial charge in [0, 0.05) is 10.8 Å². The van der Waals surface area contributed by atoms with Crippen LogP contribution in [0.3, 0.4) is 0 Å². The van der Waals surface area contributed by atoms with Gasteiger partial charge in [0.15, 0.2) is 0 Å². The fourth-order valence-electron chi connectivity index (χ4n) is 12.0. The normalized spacial score (nSPS) is 14.9. The summed E-state index contributed by atoms with van der Waals surface area (Å²) in [4.78, 5) is 0. The quantitative estimate of drug-likeness (QED) is 0.154. The van der Waals surface area contributed by atoms with Gasteiger partial charge in [0.2, 0.25) is 0 Å². The molecule has 0 unspecified atom stereocenters. The van der Waals surface area contributed by atoms with Crippen LogP contribution in [0.4, 0.5) is 0 Å². The third-order valence-corrected chi connectivity index (χ3v) is 15.1. The Labute approximate surface area is 349 Å². The van der Waals surface area contributed by atoms with E-state index in [0.29, 0.717) is 0 Å². The van der Waals surface area contributed by atoms with Gasteiger partial charge >= 0.3 is 0 Å². The molecule has 0 heterocycles.